The van der Waals surface area contributed by atoms with Crippen LogP contribution in [-0.4, -0.2) is 50.0 Å². The number of ether oxygens (including phenoxy) is 1. The number of methoxy groups -OCH3 is 1. The molecule has 2 heterocycles. The van der Waals surface area contributed by atoms with E-state index >= 15 is 0 Å². The van der Waals surface area contributed by atoms with Crippen molar-refractivity contribution >= 4 is 34.8 Å². The molecule has 0 aliphatic carbocycles. The van der Waals surface area contributed by atoms with E-state index in [0.717, 1.165) is 35.0 Å². The minimum Gasteiger partial charge on any atom is -0.497 e. The largest absolute Gasteiger partial charge is 0.497 e. The molecule has 29 heavy (non-hydrogen) atoms. The molecule has 4 rings (SSSR count). The van der Waals surface area contributed by atoms with Gasteiger partial charge in [0, 0.05) is 31.9 Å². The van der Waals surface area contributed by atoms with Crippen LogP contribution in [0, 0.1) is 6.92 Å². The van der Waals surface area contributed by atoms with Gasteiger partial charge in [-0.1, -0.05) is 29.3 Å². The normalized spacial score (nSPS) is 17.4. The van der Waals surface area contributed by atoms with Gasteiger partial charge in [-0.25, -0.2) is 4.90 Å². The lowest BCUT2D eigenvalue weighted by Gasteiger charge is -2.37. The van der Waals surface area contributed by atoms with E-state index in [1.54, 1.807) is 19.2 Å². The van der Waals surface area contributed by atoms with Gasteiger partial charge in [-0.3, -0.25) is 9.59 Å². The maximum atomic E-state index is 13.0. The number of hydrogen-bond acceptors (Lipinski definition) is 5. The molecule has 2 aromatic rings. The Balaban J connectivity index is 1.48. The molecule has 2 aliphatic heterocycles. The Hall–Kier alpha value is -2.99. The molecule has 0 N–H and O–H groups in total. The number of benzene rings is 2. The van der Waals surface area contributed by atoms with Crippen LogP contribution in [0.25, 0.3) is 0 Å². The lowest BCUT2D eigenvalue weighted by Crippen LogP contribution is -2.47. The van der Waals surface area contributed by atoms with E-state index in [4.69, 9.17) is 16.3 Å². The molecule has 150 valence electrons. The highest BCUT2D eigenvalue weighted by Gasteiger charge is 2.41. The van der Waals surface area contributed by atoms with Crippen LogP contribution in [0.15, 0.2) is 59.3 Å². The topological polar surface area (TPSA) is 53.1 Å². The van der Waals surface area contributed by atoms with E-state index in [2.05, 4.69) is 4.90 Å². The van der Waals surface area contributed by atoms with Gasteiger partial charge >= 0.3 is 0 Å². The lowest BCUT2D eigenvalue weighted by molar-refractivity contribution is -0.121. The monoisotopic (exact) mass is 411 g/mol. The van der Waals surface area contributed by atoms with E-state index < -0.39 is 5.91 Å². The number of hydrogen-bond donors (Lipinski definition) is 0. The fraction of sp³-hybridized carbons (Fsp3) is 0.273. The predicted molar refractivity (Wildman–Crippen MR) is 113 cm³/mol. The zero-order valence-corrected chi connectivity index (χ0v) is 17.1. The molecule has 0 atom stereocenters. The molecule has 0 spiro atoms. The van der Waals surface area contributed by atoms with Crippen molar-refractivity contribution in [3.8, 4) is 5.75 Å². The Morgan fingerprint density at radius 3 is 1.93 bits per heavy atom. The van der Waals surface area contributed by atoms with Crippen molar-refractivity contribution in [2.24, 2.45) is 0 Å². The molecule has 2 aliphatic rings. The SMILES string of the molecule is COc1ccc(N2CCN(C3=C(Cl)C(=O)N(c4ccc(C)cc4)C3=O)CC2)cc1. The second-order valence-electron chi connectivity index (χ2n) is 7.12. The van der Waals surface area contributed by atoms with Crippen molar-refractivity contribution in [1.29, 1.82) is 0 Å². The Morgan fingerprint density at radius 2 is 1.34 bits per heavy atom. The van der Waals surface area contributed by atoms with Crippen molar-refractivity contribution < 1.29 is 14.3 Å². The van der Waals surface area contributed by atoms with Crippen LogP contribution in [0.2, 0.25) is 0 Å². The standard InChI is InChI=1S/C22H22ClN3O3/c1-15-3-5-17(6-4-15)26-21(27)19(23)20(22(26)28)25-13-11-24(12-14-25)16-7-9-18(29-2)10-8-16/h3-10H,11-14H2,1-2H3. The van der Waals surface area contributed by atoms with Gasteiger partial charge in [0.25, 0.3) is 11.8 Å². The van der Waals surface area contributed by atoms with Crippen LogP contribution in [0.5, 0.6) is 5.75 Å². The first-order valence-electron chi connectivity index (χ1n) is 9.49. The van der Waals surface area contributed by atoms with Crippen LogP contribution in [0.4, 0.5) is 11.4 Å². The number of halogens is 1. The van der Waals surface area contributed by atoms with Gasteiger partial charge in [0.15, 0.2) is 0 Å². The summed E-state index contributed by atoms with van der Waals surface area (Å²) in [5.41, 5.74) is 2.99. The number of carbonyl (C=O) groups is 2. The Bertz CT molecular complexity index is 962. The van der Waals surface area contributed by atoms with E-state index in [0.29, 0.717) is 24.5 Å². The van der Waals surface area contributed by atoms with Crippen LogP contribution in [0.1, 0.15) is 5.56 Å². The molecule has 6 nitrogen and oxygen atoms in total. The van der Waals surface area contributed by atoms with Crippen molar-refractivity contribution in [2.45, 2.75) is 6.92 Å². The third kappa shape index (κ3) is 3.56. The molecule has 0 unspecified atom stereocenters. The van der Waals surface area contributed by atoms with Gasteiger partial charge in [0.05, 0.1) is 12.8 Å². The fourth-order valence-electron chi connectivity index (χ4n) is 3.68. The lowest BCUT2D eigenvalue weighted by atomic mass is 10.2. The summed E-state index contributed by atoms with van der Waals surface area (Å²) in [5.74, 6) is -0.00885. The van der Waals surface area contributed by atoms with E-state index in [9.17, 15) is 9.59 Å². The van der Waals surface area contributed by atoms with Crippen molar-refractivity contribution in [1.82, 2.24) is 4.90 Å². The molecular weight excluding hydrogens is 390 g/mol. The van der Waals surface area contributed by atoms with Gasteiger partial charge in [-0.2, -0.15) is 0 Å². The second kappa shape index (κ2) is 7.79. The number of amides is 2. The van der Waals surface area contributed by atoms with Crippen LogP contribution in [0.3, 0.4) is 0 Å². The average Bonchev–Trinajstić information content (AvgIpc) is 2.97. The van der Waals surface area contributed by atoms with E-state index in [1.165, 1.54) is 0 Å². The quantitative estimate of drug-likeness (QED) is 0.723. The first kappa shape index (κ1) is 19.3. The third-order valence-corrected chi connectivity index (χ3v) is 5.67. The summed E-state index contributed by atoms with van der Waals surface area (Å²) in [5, 5.41) is -0.00604. The van der Waals surface area contributed by atoms with Crippen LogP contribution >= 0.6 is 11.6 Å². The van der Waals surface area contributed by atoms with Gasteiger partial charge in [-0.05, 0) is 43.3 Å². The molecule has 7 heteroatoms. The van der Waals surface area contributed by atoms with E-state index in [-0.39, 0.29) is 10.9 Å². The summed E-state index contributed by atoms with van der Waals surface area (Å²) in [6, 6.07) is 15.2. The maximum absolute atomic E-state index is 13.0. The summed E-state index contributed by atoms with van der Waals surface area (Å²) >= 11 is 6.32. The highest BCUT2D eigenvalue weighted by molar-refractivity contribution is 6.52. The minimum absolute atomic E-state index is 0.00604. The molecule has 1 saturated heterocycles. The summed E-state index contributed by atoms with van der Waals surface area (Å²) in [4.78, 5) is 31.0. The summed E-state index contributed by atoms with van der Waals surface area (Å²) in [7, 11) is 1.64. The van der Waals surface area contributed by atoms with Gasteiger partial charge in [0.1, 0.15) is 16.5 Å². The summed E-state index contributed by atoms with van der Waals surface area (Å²) in [6.07, 6.45) is 0. The molecule has 0 aromatic heterocycles. The molecule has 2 aromatic carbocycles. The third-order valence-electron chi connectivity index (χ3n) is 5.33. The van der Waals surface area contributed by atoms with Gasteiger partial charge in [-0.15, -0.1) is 0 Å². The number of carbonyl (C=O) groups excluding carboxylic acids is 2. The maximum Gasteiger partial charge on any atom is 0.283 e. The molecule has 0 radical (unpaired) electrons. The van der Waals surface area contributed by atoms with Crippen molar-refractivity contribution in [2.75, 3.05) is 43.1 Å². The van der Waals surface area contributed by atoms with Crippen LogP contribution in [-0.2, 0) is 9.59 Å². The smallest absolute Gasteiger partial charge is 0.283 e. The number of aryl methyl sites for hydroxylation is 1. The zero-order valence-electron chi connectivity index (χ0n) is 16.4. The first-order chi connectivity index (χ1) is 14.0. The number of piperazine rings is 1. The average molecular weight is 412 g/mol. The molecule has 0 bridgehead atoms. The minimum atomic E-state index is -0.465. The predicted octanol–water partition coefficient (Wildman–Crippen LogP) is 3.15. The van der Waals surface area contributed by atoms with E-state index in [1.807, 2.05) is 48.2 Å². The van der Waals surface area contributed by atoms with Crippen molar-refractivity contribution in [3.05, 3.63) is 64.8 Å². The summed E-state index contributed by atoms with van der Waals surface area (Å²) in [6.45, 7) is 4.63. The number of nitrogens with zero attached hydrogens (tertiary/aromatic N) is 3. The molecule has 1 fully saturated rings. The zero-order chi connectivity index (χ0) is 20.5. The highest BCUT2D eigenvalue weighted by Crippen LogP contribution is 2.32. The Labute approximate surface area is 174 Å². The summed E-state index contributed by atoms with van der Waals surface area (Å²) < 4.78 is 5.21. The number of imide groups is 1. The Morgan fingerprint density at radius 1 is 0.793 bits per heavy atom. The molecule has 2 amide bonds. The van der Waals surface area contributed by atoms with Gasteiger partial charge in [0.2, 0.25) is 0 Å². The Kier molecular flexibility index (Phi) is 5.20. The fourth-order valence-corrected chi connectivity index (χ4v) is 3.96. The van der Waals surface area contributed by atoms with Gasteiger partial charge < -0.3 is 14.5 Å². The number of anilines is 2. The molecular formula is C22H22ClN3O3. The first-order valence-corrected chi connectivity index (χ1v) is 9.86. The highest BCUT2D eigenvalue weighted by atomic mass is 35.5. The van der Waals surface area contributed by atoms with Crippen molar-refractivity contribution in [3.63, 3.8) is 0 Å². The second-order valence-corrected chi connectivity index (χ2v) is 7.49. The van der Waals surface area contributed by atoms with Crippen LogP contribution < -0.4 is 14.5 Å². The molecule has 0 saturated carbocycles. The number of rotatable bonds is 4.